The number of aromatic nitrogens is 1. The van der Waals surface area contributed by atoms with Crippen LogP contribution in [0.25, 0.3) is 0 Å². The number of nitrogens with zero attached hydrogens (tertiary/aromatic N) is 4. The van der Waals surface area contributed by atoms with Crippen molar-refractivity contribution < 1.29 is 39.9 Å². The molecule has 16 heteroatoms. The van der Waals surface area contributed by atoms with E-state index in [0.29, 0.717) is 35.9 Å². The number of amides is 1. The minimum Gasteiger partial charge on any atom is -0.343 e. The van der Waals surface area contributed by atoms with Gasteiger partial charge in [0.05, 0.1) is 53.6 Å². The Bertz CT molecular complexity index is 1590. The number of nitriles is 1. The number of hydrogen-bond donors (Lipinski definition) is 1. The number of piperazine rings is 1. The smallest absolute Gasteiger partial charge is 0.343 e. The third-order valence-corrected chi connectivity index (χ3v) is 10.0. The molecule has 0 saturated carbocycles. The molecule has 45 heavy (non-hydrogen) atoms. The number of thiazole rings is 1. The highest BCUT2D eigenvalue weighted by Gasteiger charge is 2.32. The topological polar surface area (TPSA) is 116 Å². The van der Waals surface area contributed by atoms with E-state index in [1.54, 1.807) is 17.0 Å². The molecule has 0 unspecified atom stereocenters. The molecule has 1 saturated heterocycles. The summed E-state index contributed by atoms with van der Waals surface area (Å²) in [5.74, 6) is -0.590. The number of nitrogens with one attached hydrogen (secondary N) is 1. The third kappa shape index (κ3) is 8.97. The van der Waals surface area contributed by atoms with Crippen LogP contribution in [0.2, 0.25) is 0 Å². The predicted octanol–water partition coefficient (Wildman–Crippen LogP) is 5.27. The maximum Gasteiger partial charge on any atom is 0.416 e. The Hall–Kier alpha value is -3.65. The van der Waals surface area contributed by atoms with E-state index in [1.807, 2.05) is 11.0 Å². The van der Waals surface area contributed by atoms with Crippen molar-refractivity contribution >= 4 is 32.2 Å². The average Bonchev–Trinajstić information content (AvgIpc) is 3.50. The van der Waals surface area contributed by atoms with Crippen LogP contribution in [-0.2, 0) is 27.3 Å². The SMILES string of the molecule is CCS(=O)(=O)c1ccc([C@H](CC#N)NC(=O)c2cnc(N3CCN(Cc4ccc(C(F)(F)F)cc4)C[C@H]3COC(F)F)s2)cc1. The van der Waals surface area contributed by atoms with Crippen LogP contribution >= 0.6 is 11.3 Å². The quantitative estimate of drug-likeness (QED) is 0.259. The van der Waals surface area contributed by atoms with Gasteiger partial charge < -0.3 is 15.0 Å². The van der Waals surface area contributed by atoms with Gasteiger partial charge in [-0.15, -0.1) is 0 Å². The molecular formula is C29H30F5N5O4S2. The Labute approximate surface area is 261 Å². The first-order valence-electron chi connectivity index (χ1n) is 13.8. The number of anilines is 1. The van der Waals surface area contributed by atoms with E-state index in [0.717, 1.165) is 23.5 Å². The summed E-state index contributed by atoms with van der Waals surface area (Å²) in [5, 5.41) is 12.5. The van der Waals surface area contributed by atoms with Crippen LogP contribution in [0.15, 0.2) is 59.6 Å². The summed E-state index contributed by atoms with van der Waals surface area (Å²) in [5.41, 5.74) is 0.409. The molecule has 3 aromatic rings. The van der Waals surface area contributed by atoms with Crippen molar-refractivity contribution in [3.63, 3.8) is 0 Å². The molecule has 0 bridgehead atoms. The highest BCUT2D eigenvalue weighted by molar-refractivity contribution is 7.91. The highest BCUT2D eigenvalue weighted by atomic mass is 32.2. The summed E-state index contributed by atoms with van der Waals surface area (Å²) >= 11 is 1.03. The van der Waals surface area contributed by atoms with Gasteiger partial charge in [0.2, 0.25) is 0 Å². The minimum absolute atomic E-state index is 0.0677. The largest absolute Gasteiger partial charge is 0.416 e. The van der Waals surface area contributed by atoms with Gasteiger partial charge in [-0.2, -0.15) is 27.2 Å². The van der Waals surface area contributed by atoms with Crippen LogP contribution < -0.4 is 10.2 Å². The first-order chi connectivity index (χ1) is 21.3. The second-order valence-corrected chi connectivity index (χ2v) is 13.5. The van der Waals surface area contributed by atoms with E-state index in [9.17, 15) is 40.4 Å². The standard InChI is InChI=1S/C29H30F5N5O4S2/c1-2-45(41,42)23-9-5-20(6-10-23)24(11-12-35)37-26(40)25-15-36-28(44-25)39-14-13-38(17-22(39)18-43-27(30)31)16-19-3-7-21(8-4-19)29(32,33)34/h3-10,15,22,24,27H,2,11,13-14,16-18H2,1H3,(H,37,40)/t22-,24-/m0/s1. The number of hydrogen-bond acceptors (Lipinski definition) is 9. The molecule has 2 aromatic carbocycles. The van der Waals surface area contributed by atoms with Crippen LogP contribution in [0, 0.1) is 11.3 Å². The van der Waals surface area contributed by atoms with Gasteiger partial charge in [0.25, 0.3) is 5.91 Å². The van der Waals surface area contributed by atoms with E-state index in [1.165, 1.54) is 37.4 Å². The Kier molecular flexibility index (Phi) is 11.1. The molecule has 1 amide bonds. The number of ether oxygens (including phenoxy) is 1. The van der Waals surface area contributed by atoms with Crippen LogP contribution in [-0.4, -0.2) is 68.9 Å². The number of carbonyl (C=O) groups excluding carboxylic acids is 1. The van der Waals surface area contributed by atoms with Crippen molar-refractivity contribution in [1.29, 1.82) is 5.26 Å². The number of rotatable bonds is 12. The van der Waals surface area contributed by atoms with E-state index in [4.69, 9.17) is 0 Å². The number of sulfone groups is 1. The lowest BCUT2D eigenvalue weighted by Crippen LogP contribution is -2.55. The Morgan fingerprint density at radius 3 is 2.44 bits per heavy atom. The molecule has 0 spiro atoms. The molecule has 1 aliphatic heterocycles. The second-order valence-electron chi connectivity index (χ2n) is 10.2. The molecule has 0 radical (unpaired) electrons. The zero-order valence-corrected chi connectivity index (χ0v) is 25.6. The van der Waals surface area contributed by atoms with Crippen molar-refractivity contribution in [1.82, 2.24) is 15.2 Å². The molecule has 1 N–H and O–H groups in total. The molecule has 2 atom stereocenters. The van der Waals surface area contributed by atoms with Gasteiger partial charge in [-0.3, -0.25) is 9.69 Å². The fourth-order valence-corrected chi connectivity index (χ4v) is 6.65. The zero-order valence-electron chi connectivity index (χ0n) is 24.0. The lowest BCUT2D eigenvalue weighted by molar-refractivity contribution is -0.137. The Morgan fingerprint density at radius 2 is 1.84 bits per heavy atom. The van der Waals surface area contributed by atoms with Crippen LogP contribution in [0.3, 0.4) is 0 Å². The van der Waals surface area contributed by atoms with Crippen LogP contribution in [0.4, 0.5) is 27.1 Å². The summed E-state index contributed by atoms with van der Waals surface area (Å²) in [7, 11) is -3.42. The van der Waals surface area contributed by atoms with E-state index < -0.39 is 46.2 Å². The Morgan fingerprint density at radius 1 is 1.16 bits per heavy atom. The molecule has 9 nitrogen and oxygen atoms in total. The first kappa shape index (κ1) is 34.2. The predicted molar refractivity (Wildman–Crippen MR) is 157 cm³/mol. The summed E-state index contributed by atoms with van der Waals surface area (Å²) in [6.07, 6.45) is -3.19. The van der Waals surface area contributed by atoms with Crippen LogP contribution in [0.1, 0.15) is 45.7 Å². The molecule has 1 aliphatic rings. The van der Waals surface area contributed by atoms with E-state index in [-0.39, 0.29) is 35.1 Å². The van der Waals surface area contributed by atoms with Gasteiger partial charge in [0, 0.05) is 26.2 Å². The number of carbonyl (C=O) groups is 1. The number of benzene rings is 2. The highest BCUT2D eigenvalue weighted by Crippen LogP contribution is 2.31. The third-order valence-electron chi connectivity index (χ3n) is 7.25. The number of halogens is 5. The molecule has 242 valence electrons. The van der Waals surface area contributed by atoms with Crippen molar-refractivity contribution in [2.75, 3.05) is 36.9 Å². The zero-order chi connectivity index (χ0) is 32.8. The van der Waals surface area contributed by atoms with Gasteiger partial charge in [0.1, 0.15) is 4.88 Å². The number of alkyl halides is 5. The van der Waals surface area contributed by atoms with E-state index in [2.05, 4.69) is 15.0 Å². The summed E-state index contributed by atoms with van der Waals surface area (Å²) in [6.45, 7) is -0.503. The second kappa shape index (κ2) is 14.6. The lowest BCUT2D eigenvalue weighted by atomic mass is 10.0. The lowest BCUT2D eigenvalue weighted by Gasteiger charge is -2.41. The monoisotopic (exact) mass is 671 g/mol. The molecule has 2 heterocycles. The maximum absolute atomic E-state index is 13.1. The van der Waals surface area contributed by atoms with Crippen molar-refractivity contribution in [2.24, 2.45) is 0 Å². The summed E-state index contributed by atoms with van der Waals surface area (Å²) in [6, 6.07) is 11.4. The van der Waals surface area contributed by atoms with Gasteiger partial charge in [-0.25, -0.2) is 13.4 Å². The Balaban J connectivity index is 1.45. The fraction of sp³-hybridized carbons (Fsp3) is 0.414. The van der Waals surface area contributed by atoms with Gasteiger partial charge in [0.15, 0.2) is 15.0 Å². The van der Waals surface area contributed by atoms with Crippen molar-refractivity contribution in [3.8, 4) is 6.07 Å². The molecule has 0 aliphatic carbocycles. The fourth-order valence-electron chi connectivity index (χ4n) is 4.85. The molecule has 1 aromatic heterocycles. The van der Waals surface area contributed by atoms with Crippen molar-refractivity contribution in [2.45, 2.75) is 49.7 Å². The normalized spacial score (nSPS) is 16.8. The molecule has 4 rings (SSSR count). The van der Waals surface area contributed by atoms with Gasteiger partial charge in [-0.1, -0.05) is 42.5 Å². The molecule has 1 fully saturated rings. The minimum atomic E-state index is -4.45. The van der Waals surface area contributed by atoms with Crippen LogP contribution in [0.5, 0.6) is 0 Å². The summed E-state index contributed by atoms with van der Waals surface area (Å²) < 4.78 is 93.5. The van der Waals surface area contributed by atoms with E-state index >= 15 is 0 Å². The van der Waals surface area contributed by atoms with Crippen molar-refractivity contribution in [3.05, 3.63) is 76.3 Å². The van der Waals surface area contributed by atoms with Gasteiger partial charge in [-0.05, 0) is 35.4 Å². The average molecular weight is 672 g/mol. The van der Waals surface area contributed by atoms with Gasteiger partial charge >= 0.3 is 12.8 Å². The summed E-state index contributed by atoms with van der Waals surface area (Å²) in [4.78, 5) is 21.5. The first-order valence-corrected chi connectivity index (χ1v) is 16.3. The maximum atomic E-state index is 13.1. The molecular weight excluding hydrogens is 641 g/mol.